The van der Waals surface area contributed by atoms with Gasteiger partial charge in [0, 0.05) is 49.1 Å². The van der Waals surface area contributed by atoms with E-state index in [0.29, 0.717) is 0 Å². The highest BCUT2D eigenvalue weighted by Crippen LogP contribution is 2.22. The lowest BCUT2D eigenvalue weighted by Gasteiger charge is -2.28. The Kier molecular flexibility index (Phi) is 4.24. The first-order valence-corrected chi connectivity index (χ1v) is 8.43. The van der Waals surface area contributed by atoms with Gasteiger partial charge in [0.2, 0.25) is 5.95 Å². The molecule has 1 aliphatic rings. The number of aryl methyl sites for hydroxylation is 1. The minimum Gasteiger partial charge on any atom is -0.294 e. The summed E-state index contributed by atoms with van der Waals surface area (Å²) in [5.74, 6) is 0.360. The molecule has 0 atom stereocenters. The van der Waals surface area contributed by atoms with Crippen molar-refractivity contribution in [2.75, 3.05) is 6.54 Å². The smallest absolute Gasteiger partial charge is 0.213 e. The van der Waals surface area contributed by atoms with Crippen molar-refractivity contribution in [2.45, 2.75) is 26.4 Å². The van der Waals surface area contributed by atoms with Gasteiger partial charge in [0.15, 0.2) is 5.82 Å². The topological polar surface area (TPSA) is 41.9 Å². The summed E-state index contributed by atoms with van der Waals surface area (Å²) in [6.45, 7) is 4.35. The maximum atomic E-state index is 13.2. The van der Waals surface area contributed by atoms with E-state index in [0.717, 1.165) is 54.4 Å². The summed E-state index contributed by atoms with van der Waals surface area (Å²) in [5.41, 5.74) is 5.14. The quantitative estimate of drug-likeness (QED) is 0.687. The molecule has 1 aromatic carbocycles. The third kappa shape index (κ3) is 3.42. The number of pyridine rings is 1. The van der Waals surface area contributed by atoms with E-state index in [2.05, 4.69) is 14.9 Å². The summed E-state index contributed by atoms with van der Waals surface area (Å²) in [6, 6.07) is 13.3. The molecule has 0 saturated heterocycles. The number of nitrogens with zero attached hydrogens (tertiary/aromatic N) is 4. The molecule has 0 unspecified atom stereocenters. The van der Waals surface area contributed by atoms with Crippen molar-refractivity contribution in [1.82, 2.24) is 19.9 Å². The lowest BCUT2D eigenvalue weighted by Crippen LogP contribution is -2.31. The average molecular weight is 334 g/mol. The van der Waals surface area contributed by atoms with Crippen molar-refractivity contribution in [3.05, 3.63) is 77.1 Å². The zero-order valence-corrected chi connectivity index (χ0v) is 14.1. The summed E-state index contributed by atoms with van der Waals surface area (Å²) in [4.78, 5) is 15.5. The van der Waals surface area contributed by atoms with Gasteiger partial charge in [-0.2, -0.15) is 4.39 Å². The zero-order valence-electron chi connectivity index (χ0n) is 14.1. The minimum atomic E-state index is -0.424. The Balaban J connectivity index is 1.52. The molecule has 2 aromatic heterocycles. The molecule has 4 rings (SSSR count). The second-order valence-electron chi connectivity index (χ2n) is 6.37. The second kappa shape index (κ2) is 6.69. The van der Waals surface area contributed by atoms with Crippen LogP contribution in [-0.4, -0.2) is 26.4 Å². The maximum Gasteiger partial charge on any atom is 0.213 e. The number of fused-ring (bicyclic) bond motifs is 1. The Labute approximate surface area is 146 Å². The molecular weight excluding hydrogens is 315 g/mol. The molecule has 4 nitrogen and oxygen atoms in total. The summed E-state index contributed by atoms with van der Waals surface area (Å²) >= 11 is 0. The molecule has 0 aliphatic carbocycles. The van der Waals surface area contributed by atoms with Gasteiger partial charge in [0.05, 0.1) is 5.69 Å². The van der Waals surface area contributed by atoms with Crippen LogP contribution in [0.2, 0.25) is 0 Å². The van der Waals surface area contributed by atoms with Crippen LogP contribution < -0.4 is 0 Å². The van der Waals surface area contributed by atoms with Crippen molar-refractivity contribution in [3.63, 3.8) is 0 Å². The fraction of sp³-hybridized carbons (Fsp3) is 0.250. The highest BCUT2D eigenvalue weighted by molar-refractivity contribution is 5.54. The van der Waals surface area contributed by atoms with Crippen LogP contribution in [0.5, 0.6) is 0 Å². The molecular formula is C20H19FN4. The van der Waals surface area contributed by atoms with Crippen LogP contribution in [0.3, 0.4) is 0 Å². The van der Waals surface area contributed by atoms with Crippen molar-refractivity contribution >= 4 is 0 Å². The van der Waals surface area contributed by atoms with E-state index in [-0.39, 0.29) is 0 Å². The number of benzene rings is 1. The fourth-order valence-electron chi connectivity index (χ4n) is 3.20. The van der Waals surface area contributed by atoms with Gasteiger partial charge in [0.1, 0.15) is 0 Å². The molecule has 0 spiro atoms. The number of aromatic nitrogens is 3. The minimum absolute atomic E-state index is 0.424. The molecule has 3 heterocycles. The second-order valence-corrected chi connectivity index (χ2v) is 6.37. The van der Waals surface area contributed by atoms with Crippen molar-refractivity contribution in [3.8, 4) is 11.4 Å². The van der Waals surface area contributed by atoms with Crippen LogP contribution in [-0.2, 0) is 19.5 Å². The molecule has 0 saturated carbocycles. The number of hydrogen-bond donors (Lipinski definition) is 0. The Bertz CT molecular complexity index is 895. The molecule has 5 heteroatoms. The lowest BCUT2D eigenvalue weighted by molar-refractivity contribution is 0.242. The van der Waals surface area contributed by atoms with E-state index >= 15 is 0 Å². The van der Waals surface area contributed by atoms with Gasteiger partial charge in [-0.25, -0.2) is 15.0 Å². The standard InChI is InChI=1S/C20H19FN4/c1-14-16(7-8-19(21)23-14)12-25-10-9-18-17(13-25)11-22-20(24-18)15-5-3-2-4-6-15/h2-8,11H,9-10,12-13H2,1H3. The number of rotatable bonds is 3. The van der Waals surface area contributed by atoms with Gasteiger partial charge in [0.25, 0.3) is 0 Å². The van der Waals surface area contributed by atoms with E-state index in [1.54, 1.807) is 0 Å². The van der Waals surface area contributed by atoms with E-state index < -0.39 is 5.95 Å². The van der Waals surface area contributed by atoms with Crippen molar-refractivity contribution < 1.29 is 4.39 Å². The monoisotopic (exact) mass is 334 g/mol. The fourth-order valence-corrected chi connectivity index (χ4v) is 3.20. The molecule has 25 heavy (non-hydrogen) atoms. The first-order chi connectivity index (χ1) is 12.2. The third-order valence-corrected chi connectivity index (χ3v) is 4.60. The van der Waals surface area contributed by atoms with E-state index in [9.17, 15) is 4.39 Å². The Morgan fingerprint density at radius 3 is 2.72 bits per heavy atom. The van der Waals surface area contributed by atoms with Crippen molar-refractivity contribution in [1.29, 1.82) is 0 Å². The summed E-state index contributed by atoms with van der Waals surface area (Å²) in [7, 11) is 0. The van der Waals surface area contributed by atoms with Crippen LogP contribution in [0.15, 0.2) is 48.7 Å². The molecule has 0 N–H and O–H groups in total. The van der Waals surface area contributed by atoms with Gasteiger partial charge in [-0.05, 0) is 18.6 Å². The largest absolute Gasteiger partial charge is 0.294 e. The zero-order chi connectivity index (χ0) is 17.2. The number of halogens is 1. The van der Waals surface area contributed by atoms with E-state index in [1.807, 2.05) is 49.5 Å². The molecule has 0 radical (unpaired) electrons. The lowest BCUT2D eigenvalue weighted by atomic mass is 10.1. The summed E-state index contributed by atoms with van der Waals surface area (Å²) in [6.07, 6.45) is 2.83. The first kappa shape index (κ1) is 15.8. The van der Waals surface area contributed by atoms with Gasteiger partial charge >= 0.3 is 0 Å². The van der Waals surface area contributed by atoms with Crippen LogP contribution in [0, 0.1) is 12.9 Å². The van der Waals surface area contributed by atoms with Crippen LogP contribution in [0.1, 0.15) is 22.5 Å². The van der Waals surface area contributed by atoms with E-state index in [4.69, 9.17) is 4.98 Å². The Hall–Kier alpha value is -2.66. The Morgan fingerprint density at radius 1 is 1.08 bits per heavy atom. The molecule has 3 aromatic rings. The van der Waals surface area contributed by atoms with Crippen LogP contribution in [0.25, 0.3) is 11.4 Å². The number of hydrogen-bond acceptors (Lipinski definition) is 4. The molecule has 0 amide bonds. The molecule has 0 fully saturated rings. The highest BCUT2D eigenvalue weighted by Gasteiger charge is 2.19. The highest BCUT2D eigenvalue weighted by atomic mass is 19.1. The van der Waals surface area contributed by atoms with Crippen molar-refractivity contribution in [2.24, 2.45) is 0 Å². The van der Waals surface area contributed by atoms with Crippen LogP contribution >= 0.6 is 0 Å². The first-order valence-electron chi connectivity index (χ1n) is 8.43. The molecule has 1 aliphatic heterocycles. The van der Waals surface area contributed by atoms with Gasteiger partial charge < -0.3 is 0 Å². The summed E-state index contributed by atoms with van der Waals surface area (Å²) < 4.78 is 13.2. The Morgan fingerprint density at radius 2 is 1.92 bits per heavy atom. The third-order valence-electron chi connectivity index (χ3n) is 4.60. The van der Waals surface area contributed by atoms with Crippen LogP contribution in [0.4, 0.5) is 4.39 Å². The SMILES string of the molecule is Cc1nc(F)ccc1CN1CCc2nc(-c3ccccc3)ncc2C1. The van der Waals surface area contributed by atoms with Gasteiger partial charge in [-0.1, -0.05) is 36.4 Å². The molecule has 0 bridgehead atoms. The average Bonchev–Trinajstić information content (AvgIpc) is 2.64. The normalized spacial score (nSPS) is 14.3. The van der Waals surface area contributed by atoms with E-state index in [1.165, 1.54) is 11.6 Å². The predicted octanol–water partition coefficient (Wildman–Crippen LogP) is 3.54. The summed E-state index contributed by atoms with van der Waals surface area (Å²) in [5, 5.41) is 0. The molecule has 126 valence electrons. The maximum absolute atomic E-state index is 13.2. The van der Waals surface area contributed by atoms with Gasteiger partial charge in [-0.15, -0.1) is 0 Å². The predicted molar refractivity (Wildman–Crippen MR) is 94.2 cm³/mol. The van der Waals surface area contributed by atoms with Gasteiger partial charge in [-0.3, -0.25) is 4.90 Å².